The molecular formula is C33H25Br2F2N3O6. The number of ether oxygens (including phenoxy) is 2. The summed E-state index contributed by atoms with van der Waals surface area (Å²) < 4.78 is 39.5. The minimum absolute atomic E-state index is 0.0388. The van der Waals surface area contributed by atoms with Gasteiger partial charge < -0.3 is 20.5 Å². The molecule has 4 amide bonds. The Morgan fingerprint density at radius 2 is 1.30 bits per heavy atom. The number of Topliss-reactive ketones (excluding diaryl/α,β-unsaturated/α-hetero) is 1. The molecule has 46 heavy (non-hydrogen) atoms. The van der Waals surface area contributed by atoms with Crippen LogP contribution in [0.3, 0.4) is 0 Å². The van der Waals surface area contributed by atoms with Gasteiger partial charge in [-0.15, -0.1) is 0 Å². The van der Waals surface area contributed by atoms with E-state index in [9.17, 15) is 23.2 Å². The lowest BCUT2D eigenvalue weighted by atomic mass is 9.80. The van der Waals surface area contributed by atoms with Gasteiger partial charge in [0.25, 0.3) is 5.91 Å². The zero-order valence-corrected chi connectivity index (χ0v) is 26.9. The molecular weight excluding hydrogens is 732 g/mol. The Bertz CT molecular complexity index is 1810. The second-order valence-corrected chi connectivity index (χ2v) is 12.2. The van der Waals surface area contributed by atoms with Crippen LogP contribution in [0.5, 0.6) is 11.5 Å². The minimum atomic E-state index is -1.20. The third-order valence-corrected chi connectivity index (χ3v) is 8.46. The van der Waals surface area contributed by atoms with Crippen molar-refractivity contribution >= 4 is 56.0 Å². The van der Waals surface area contributed by atoms with Crippen molar-refractivity contribution in [2.45, 2.75) is 30.6 Å². The molecule has 1 saturated heterocycles. The third-order valence-electron chi connectivity index (χ3n) is 7.47. The van der Waals surface area contributed by atoms with E-state index in [1.165, 1.54) is 24.3 Å². The van der Waals surface area contributed by atoms with E-state index in [0.29, 0.717) is 22.6 Å². The molecule has 3 aliphatic rings. The number of hydrogen-bond donors (Lipinski definition) is 3. The number of rotatable bonds is 2. The van der Waals surface area contributed by atoms with Gasteiger partial charge in [-0.2, -0.15) is 0 Å². The predicted octanol–water partition coefficient (Wildman–Crippen LogP) is 6.54. The van der Waals surface area contributed by atoms with Gasteiger partial charge in [0.2, 0.25) is 6.41 Å². The summed E-state index contributed by atoms with van der Waals surface area (Å²) in [6, 6.07) is 22.1. The number of ketones is 1. The fourth-order valence-electron chi connectivity index (χ4n) is 5.37. The first-order valence-corrected chi connectivity index (χ1v) is 15.4. The first kappa shape index (κ1) is 32.8. The van der Waals surface area contributed by atoms with Crippen LogP contribution in [0.25, 0.3) is 0 Å². The monoisotopic (exact) mass is 755 g/mol. The molecule has 7 rings (SSSR count). The van der Waals surface area contributed by atoms with Crippen molar-refractivity contribution in [3.63, 3.8) is 0 Å². The van der Waals surface area contributed by atoms with E-state index in [2.05, 4.69) is 48.2 Å². The molecule has 3 aliphatic heterocycles. The molecule has 3 heterocycles. The normalized spacial score (nSPS) is 20.7. The van der Waals surface area contributed by atoms with Crippen molar-refractivity contribution in [3.8, 4) is 11.5 Å². The van der Waals surface area contributed by atoms with Gasteiger partial charge in [0.05, 0.1) is 12.0 Å². The maximum absolute atomic E-state index is 13.2. The molecule has 4 aromatic rings. The van der Waals surface area contributed by atoms with Gasteiger partial charge in [0.1, 0.15) is 35.3 Å². The summed E-state index contributed by atoms with van der Waals surface area (Å²) >= 11 is 6.72. The number of halogens is 4. The molecule has 0 saturated carbocycles. The molecule has 4 N–H and O–H groups in total. The molecule has 0 radical (unpaired) electrons. The second-order valence-electron chi connectivity index (χ2n) is 10.4. The number of imide groups is 1. The number of amides is 4. The molecule has 13 heteroatoms. The number of carbonyl (C=O) groups is 4. The van der Waals surface area contributed by atoms with Crippen molar-refractivity contribution in [3.05, 3.63) is 128 Å². The standard InChI is InChI=1S/C17H12BrFN2O3.C15H10BrFO2.CH3NO/c18-10-3-6-13-12(7-10)17(15(22)20-16(23)21-17)8-14(24-13)9-1-4-11(19)5-2-9;16-10-3-6-14-12(7-10)13(18)8-15(19-14)9-1-4-11(17)5-2-9;2-1-3/h1-7,14H,8H2,(H2,20,21,22,23);1-7,15H,8H2;1H,(H2,2,3). The van der Waals surface area contributed by atoms with E-state index in [0.717, 1.165) is 20.1 Å². The average molecular weight is 757 g/mol. The second kappa shape index (κ2) is 13.8. The summed E-state index contributed by atoms with van der Waals surface area (Å²) in [6.07, 6.45) is -0.0837. The van der Waals surface area contributed by atoms with Crippen LogP contribution in [-0.4, -0.2) is 24.1 Å². The van der Waals surface area contributed by atoms with Crippen molar-refractivity contribution in [2.75, 3.05) is 0 Å². The van der Waals surface area contributed by atoms with Crippen LogP contribution in [-0.2, 0) is 15.1 Å². The number of primary amides is 1. The Balaban J connectivity index is 0.000000171. The van der Waals surface area contributed by atoms with Crippen molar-refractivity contribution in [1.29, 1.82) is 0 Å². The van der Waals surface area contributed by atoms with Crippen LogP contribution in [0, 0.1) is 11.6 Å². The number of hydrogen-bond acceptors (Lipinski definition) is 6. The topological polar surface area (TPSA) is 137 Å². The first-order valence-electron chi connectivity index (χ1n) is 13.8. The quantitative estimate of drug-likeness (QED) is 0.157. The molecule has 0 aliphatic carbocycles. The Morgan fingerprint density at radius 1 is 0.783 bits per heavy atom. The highest BCUT2D eigenvalue weighted by atomic mass is 79.9. The molecule has 9 nitrogen and oxygen atoms in total. The van der Waals surface area contributed by atoms with Gasteiger partial charge in [-0.3, -0.25) is 19.7 Å². The predicted molar refractivity (Wildman–Crippen MR) is 170 cm³/mol. The van der Waals surface area contributed by atoms with E-state index < -0.39 is 23.6 Å². The van der Waals surface area contributed by atoms with Crippen LogP contribution < -0.4 is 25.8 Å². The van der Waals surface area contributed by atoms with Crippen molar-refractivity contribution in [2.24, 2.45) is 5.73 Å². The van der Waals surface area contributed by atoms with E-state index in [-0.39, 0.29) is 42.8 Å². The third kappa shape index (κ3) is 6.95. The lowest BCUT2D eigenvalue weighted by Gasteiger charge is -2.37. The van der Waals surface area contributed by atoms with Crippen LogP contribution in [0.4, 0.5) is 13.6 Å². The van der Waals surface area contributed by atoms with Crippen molar-refractivity contribution < 1.29 is 37.4 Å². The Hall–Kier alpha value is -4.62. The summed E-state index contributed by atoms with van der Waals surface area (Å²) in [4.78, 5) is 45.0. The Morgan fingerprint density at radius 3 is 1.87 bits per heavy atom. The van der Waals surface area contributed by atoms with Gasteiger partial charge >= 0.3 is 6.03 Å². The number of carbonyl (C=O) groups excluding carboxylic acids is 4. The highest BCUT2D eigenvalue weighted by molar-refractivity contribution is 9.10. The summed E-state index contributed by atoms with van der Waals surface area (Å²) in [5.41, 5.74) is 5.70. The molecule has 0 aromatic heterocycles. The highest BCUT2D eigenvalue weighted by Crippen LogP contribution is 2.47. The van der Waals surface area contributed by atoms with E-state index in [1.54, 1.807) is 54.6 Å². The first-order chi connectivity index (χ1) is 22.0. The van der Waals surface area contributed by atoms with Gasteiger partial charge in [-0.25, -0.2) is 13.6 Å². The maximum Gasteiger partial charge on any atom is 0.322 e. The van der Waals surface area contributed by atoms with E-state index in [4.69, 9.17) is 14.3 Å². The molecule has 1 spiro atoms. The maximum atomic E-state index is 13.2. The average Bonchev–Trinajstić information content (AvgIpc) is 3.31. The van der Waals surface area contributed by atoms with E-state index in [1.807, 2.05) is 6.07 Å². The number of nitrogens with one attached hydrogen (secondary N) is 2. The number of benzene rings is 4. The Labute approximate surface area is 278 Å². The van der Waals surface area contributed by atoms with Crippen LogP contribution in [0.1, 0.15) is 52.1 Å². The molecule has 1 fully saturated rings. The van der Waals surface area contributed by atoms with Gasteiger partial charge in [0, 0.05) is 20.9 Å². The molecule has 4 aromatic carbocycles. The van der Waals surface area contributed by atoms with Gasteiger partial charge in [0.15, 0.2) is 11.3 Å². The SMILES string of the molecule is NC=O.O=C1CC(c2ccc(F)cc2)Oc2ccc(Br)cc21.O=C1NC(=O)C2(CC(c3ccc(F)cc3)Oc3ccc(Br)cc32)N1. The minimum Gasteiger partial charge on any atom is -0.485 e. The summed E-state index contributed by atoms with van der Waals surface area (Å²) in [7, 11) is 0. The summed E-state index contributed by atoms with van der Waals surface area (Å²) in [5, 5.41) is 5.04. The largest absolute Gasteiger partial charge is 0.485 e. The molecule has 3 atom stereocenters. The van der Waals surface area contributed by atoms with E-state index >= 15 is 0 Å². The van der Waals surface area contributed by atoms with Gasteiger partial charge in [-0.1, -0.05) is 56.1 Å². The zero-order chi connectivity index (χ0) is 33.0. The Kier molecular flexibility index (Phi) is 9.82. The highest BCUT2D eigenvalue weighted by Gasteiger charge is 2.53. The molecule has 236 valence electrons. The lowest BCUT2D eigenvalue weighted by molar-refractivity contribution is -0.126. The number of fused-ring (bicyclic) bond motifs is 3. The summed E-state index contributed by atoms with van der Waals surface area (Å²) in [5.74, 6) is 0.0692. The lowest BCUT2D eigenvalue weighted by Crippen LogP contribution is -2.48. The van der Waals surface area contributed by atoms with Crippen LogP contribution in [0.15, 0.2) is 93.9 Å². The fraction of sp³-hybridized carbons (Fsp3) is 0.152. The number of urea groups is 1. The van der Waals surface area contributed by atoms with Crippen LogP contribution in [0.2, 0.25) is 0 Å². The fourth-order valence-corrected chi connectivity index (χ4v) is 6.09. The summed E-state index contributed by atoms with van der Waals surface area (Å²) in [6.45, 7) is 0. The number of nitrogens with two attached hydrogens (primary N) is 1. The van der Waals surface area contributed by atoms with Crippen LogP contribution >= 0.6 is 31.9 Å². The molecule has 3 unspecified atom stereocenters. The van der Waals surface area contributed by atoms with Gasteiger partial charge in [-0.05, 0) is 71.8 Å². The molecule has 0 bridgehead atoms. The van der Waals surface area contributed by atoms with Crippen molar-refractivity contribution in [1.82, 2.24) is 10.6 Å². The smallest absolute Gasteiger partial charge is 0.322 e. The zero-order valence-electron chi connectivity index (χ0n) is 23.8.